The molecule has 9 heteroatoms. The molecule has 0 N–H and O–H groups in total. The van der Waals surface area contributed by atoms with Gasteiger partial charge in [0.05, 0.1) is 17.7 Å². The van der Waals surface area contributed by atoms with Gasteiger partial charge in [0, 0.05) is 12.5 Å². The number of nitrogens with zero attached hydrogens (tertiary/aromatic N) is 1. The molecule has 5 rings (SSSR count). The van der Waals surface area contributed by atoms with Crippen molar-refractivity contribution in [3.05, 3.63) is 71.3 Å². The lowest BCUT2D eigenvalue weighted by molar-refractivity contribution is -0.311. The Bertz CT molecular complexity index is 1060. The number of carbonyl (C=O) groups excluding carboxylic acids is 3. The van der Waals surface area contributed by atoms with Crippen LogP contribution in [0.2, 0.25) is 0 Å². The molecule has 0 radical (unpaired) electrons. The van der Waals surface area contributed by atoms with Gasteiger partial charge in [-0.2, -0.15) is 0 Å². The SMILES string of the molecule is CCS[C@@H]1O[C@@H]2CO[C@@H](c3ccccc3)O[C@H]2[C@H](OC(C)=O)[C@H]1N1C(=O)c2ccccc2C1=O. The quantitative estimate of drug-likeness (QED) is 0.473. The molecule has 34 heavy (non-hydrogen) atoms. The van der Waals surface area contributed by atoms with E-state index < -0.39 is 53.9 Å². The number of ether oxygens (including phenoxy) is 4. The third-order valence-corrected chi connectivity index (χ3v) is 7.19. The average Bonchev–Trinajstić information content (AvgIpc) is 3.09. The summed E-state index contributed by atoms with van der Waals surface area (Å²) in [6, 6.07) is 15.2. The Morgan fingerprint density at radius 3 is 2.29 bits per heavy atom. The Balaban J connectivity index is 1.53. The highest BCUT2D eigenvalue weighted by atomic mass is 32.2. The minimum Gasteiger partial charge on any atom is -0.457 e. The zero-order valence-electron chi connectivity index (χ0n) is 18.8. The molecule has 2 fully saturated rings. The lowest BCUT2D eigenvalue weighted by Crippen LogP contribution is -2.67. The van der Waals surface area contributed by atoms with Crippen LogP contribution in [0.5, 0.6) is 0 Å². The van der Waals surface area contributed by atoms with Crippen LogP contribution in [0.15, 0.2) is 54.6 Å². The maximum absolute atomic E-state index is 13.4. The Kier molecular flexibility index (Phi) is 6.44. The second-order valence-electron chi connectivity index (χ2n) is 8.27. The van der Waals surface area contributed by atoms with Gasteiger partial charge in [-0.05, 0) is 17.9 Å². The van der Waals surface area contributed by atoms with Crippen molar-refractivity contribution in [3.63, 3.8) is 0 Å². The molecule has 8 nitrogen and oxygen atoms in total. The summed E-state index contributed by atoms with van der Waals surface area (Å²) in [7, 11) is 0. The van der Waals surface area contributed by atoms with Gasteiger partial charge in [0.2, 0.25) is 0 Å². The van der Waals surface area contributed by atoms with E-state index in [2.05, 4.69) is 0 Å². The van der Waals surface area contributed by atoms with E-state index >= 15 is 0 Å². The molecule has 178 valence electrons. The van der Waals surface area contributed by atoms with E-state index in [-0.39, 0.29) is 6.61 Å². The van der Waals surface area contributed by atoms with Crippen molar-refractivity contribution in [1.82, 2.24) is 4.90 Å². The van der Waals surface area contributed by atoms with Crippen molar-refractivity contribution >= 4 is 29.5 Å². The van der Waals surface area contributed by atoms with Gasteiger partial charge >= 0.3 is 5.97 Å². The number of amides is 2. The summed E-state index contributed by atoms with van der Waals surface area (Å²) in [4.78, 5) is 40.1. The van der Waals surface area contributed by atoms with Gasteiger partial charge in [-0.25, -0.2) is 0 Å². The van der Waals surface area contributed by atoms with E-state index in [0.29, 0.717) is 16.9 Å². The van der Waals surface area contributed by atoms with Gasteiger partial charge in [-0.3, -0.25) is 19.3 Å². The van der Waals surface area contributed by atoms with Gasteiger partial charge < -0.3 is 18.9 Å². The van der Waals surface area contributed by atoms with Gasteiger partial charge in [0.1, 0.15) is 23.7 Å². The van der Waals surface area contributed by atoms with E-state index in [1.54, 1.807) is 24.3 Å². The van der Waals surface area contributed by atoms with Gasteiger partial charge in [-0.15, -0.1) is 11.8 Å². The fourth-order valence-corrected chi connectivity index (χ4v) is 5.74. The lowest BCUT2D eigenvalue weighted by atomic mass is 9.95. The van der Waals surface area contributed by atoms with Crippen molar-refractivity contribution < 1.29 is 33.3 Å². The summed E-state index contributed by atoms with van der Waals surface area (Å²) in [5.74, 6) is -0.724. The third kappa shape index (κ3) is 4.02. The van der Waals surface area contributed by atoms with Crippen molar-refractivity contribution in [2.24, 2.45) is 0 Å². The van der Waals surface area contributed by atoms with E-state index in [1.165, 1.54) is 23.6 Å². The molecule has 2 aromatic rings. The molecule has 3 aliphatic rings. The van der Waals surface area contributed by atoms with Crippen LogP contribution in [0.3, 0.4) is 0 Å². The van der Waals surface area contributed by atoms with Gasteiger partial charge in [0.25, 0.3) is 11.8 Å². The minimum absolute atomic E-state index is 0.220. The summed E-state index contributed by atoms with van der Waals surface area (Å²) in [5, 5.41) is 0. The number of hydrogen-bond donors (Lipinski definition) is 0. The average molecular weight is 484 g/mol. The zero-order chi connectivity index (χ0) is 23.8. The van der Waals surface area contributed by atoms with Crippen LogP contribution >= 0.6 is 11.8 Å². The second-order valence-corrected chi connectivity index (χ2v) is 9.64. The van der Waals surface area contributed by atoms with E-state index in [9.17, 15) is 14.4 Å². The molecular weight excluding hydrogens is 458 g/mol. The number of imide groups is 1. The van der Waals surface area contributed by atoms with Gasteiger partial charge in [-0.1, -0.05) is 49.4 Å². The highest BCUT2D eigenvalue weighted by molar-refractivity contribution is 7.99. The van der Waals surface area contributed by atoms with Crippen LogP contribution in [-0.4, -0.2) is 64.8 Å². The standard InChI is InChI=1S/C25H25NO7S/c1-3-34-25-19(26-22(28)16-11-7-8-12-17(16)23(26)29)21(31-14(2)27)20-18(32-25)13-30-24(33-20)15-9-5-4-6-10-15/h4-12,18-21,24-25H,3,13H2,1-2H3/t18-,19-,20-,21-,24-,25+/m1/s1. The molecule has 3 aliphatic heterocycles. The first kappa shape index (κ1) is 23.0. The molecule has 0 bridgehead atoms. The topological polar surface area (TPSA) is 91.4 Å². The van der Waals surface area contributed by atoms with Crippen LogP contribution in [0, 0.1) is 0 Å². The fraction of sp³-hybridized carbons (Fsp3) is 0.400. The van der Waals surface area contributed by atoms with Crippen molar-refractivity contribution in [3.8, 4) is 0 Å². The summed E-state index contributed by atoms with van der Waals surface area (Å²) in [6.45, 7) is 3.48. The number of benzene rings is 2. The van der Waals surface area contributed by atoms with Crippen LogP contribution in [0.25, 0.3) is 0 Å². The van der Waals surface area contributed by atoms with Crippen LogP contribution in [0.1, 0.15) is 46.4 Å². The highest BCUT2D eigenvalue weighted by Crippen LogP contribution is 2.41. The molecule has 2 amide bonds. The Morgan fingerprint density at radius 1 is 1.03 bits per heavy atom. The predicted molar refractivity (Wildman–Crippen MR) is 123 cm³/mol. The minimum atomic E-state index is -0.919. The zero-order valence-corrected chi connectivity index (χ0v) is 19.6. The maximum atomic E-state index is 13.4. The summed E-state index contributed by atoms with van der Waals surface area (Å²) in [5.41, 5.74) is 0.848. The van der Waals surface area contributed by atoms with E-state index in [0.717, 1.165) is 5.56 Å². The fourth-order valence-electron chi connectivity index (χ4n) is 4.72. The smallest absolute Gasteiger partial charge is 0.303 e. The Morgan fingerprint density at radius 2 is 1.68 bits per heavy atom. The first-order chi connectivity index (χ1) is 16.5. The lowest BCUT2D eigenvalue weighted by Gasteiger charge is -2.50. The molecule has 0 spiro atoms. The van der Waals surface area contributed by atoms with E-state index in [4.69, 9.17) is 18.9 Å². The monoisotopic (exact) mass is 483 g/mol. The molecule has 6 atom stereocenters. The van der Waals surface area contributed by atoms with Crippen LogP contribution in [0.4, 0.5) is 0 Å². The summed E-state index contributed by atoms with van der Waals surface area (Å²) in [6.07, 6.45) is -2.87. The number of hydrogen-bond acceptors (Lipinski definition) is 8. The number of thioether (sulfide) groups is 1. The number of esters is 1. The first-order valence-corrected chi connectivity index (χ1v) is 12.3. The number of fused-ring (bicyclic) bond motifs is 2. The molecule has 2 saturated heterocycles. The van der Waals surface area contributed by atoms with Crippen LogP contribution in [-0.2, 0) is 23.7 Å². The van der Waals surface area contributed by atoms with Crippen molar-refractivity contribution in [1.29, 1.82) is 0 Å². The van der Waals surface area contributed by atoms with Crippen molar-refractivity contribution in [2.75, 3.05) is 12.4 Å². The highest BCUT2D eigenvalue weighted by Gasteiger charge is 2.57. The second kappa shape index (κ2) is 9.50. The number of rotatable bonds is 5. The molecule has 0 unspecified atom stereocenters. The maximum Gasteiger partial charge on any atom is 0.303 e. The van der Waals surface area contributed by atoms with E-state index in [1.807, 2.05) is 37.3 Å². The van der Waals surface area contributed by atoms with Crippen LogP contribution < -0.4 is 0 Å². The normalized spacial score (nSPS) is 30.6. The molecule has 3 heterocycles. The Hall–Kier alpha value is -2.72. The number of carbonyl (C=O) groups is 3. The third-order valence-electron chi connectivity index (χ3n) is 6.14. The molecule has 0 aromatic heterocycles. The van der Waals surface area contributed by atoms with Gasteiger partial charge in [0.15, 0.2) is 12.4 Å². The summed E-state index contributed by atoms with van der Waals surface area (Å²) < 4.78 is 24.3. The molecular formula is C25H25NO7S. The molecule has 0 aliphatic carbocycles. The summed E-state index contributed by atoms with van der Waals surface area (Å²) >= 11 is 1.44. The first-order valence-electron chi connectivity index (χ1n) is 11.2. The largest absolute Gasteiger partial charge is 0.457 e. The molecule has 0 saturated carbocycles. The molecule has 2 aromatic carbocycles. The predicted octanol–water partition coefficient (Wildman–Crippen LogP) is 3.18. The van der Waals surface area contributed by atoms with Crippen molar-refractivity contribution in [2.45, 2.75) is 49.9 Å². The Labute approximate surface area is 201 Å².